The molecule has 126 valence electrons. The van der Waals surface area contributed by atoms with Crippen molar-refractivity contribution in [1.82, 2.24) is 10.4 Å². The lowest BCUT2D eigenvalue weighted by Gasteiger charge is -2.24. The van der Waals surface area contributed by atoms with Crippen molar-refractivity contribution < 1.29 is 10.0 Å². The van der Waals surface area contributed by atoms with Gasteiger partial charge in [-0.2, -0.15) is 11.3 Å². The van der Waals surface area contributed by atoms with Crippen LogP contribution in [0.3, 0.4) is 0 Å². The molecule has 1 unspecified atom stereocenters. The van der Waals surface area contributed by atoms with Gasteiger partial charge in [-0.15, -0.1) is 0 Å². The molecule has 4 nitrogen and oxygen atoms in total. The predicted molar refractivity (Wildman–Crippen MR) is 97.0 cm³/mol. The van der Waals surface area contributed by atoms with Crippen LogP contribution in [-0.2, 0) is 11.2 Å². The largest absolute Gasteiger partial charge is 0.296 e. The van der Waals surface area contributed by atoms with E-state index < -0.39 is 5.91 Å². The maximum atomic E-state index is 11.0. The van der Waals surface area contributed by atoms with Crippen LogP contribution in [0.2, 0.25) is 0 Å². The first-order valence-electron chi connectivity index (χ1n) is 8.23. The molecular formula is C19H22N2O2S. The number of nitrogens with one attached hydrogen (secondary N) is 1. The third-order valence-corrected chi connectivity index (χ3v) is 5.22. The van der Waals surface area contributed by atoms with Gasteiger partial charge in [0.1, 0.15) is 0 Å². The van der Waals surface area contributed by atoms with Crippen molar-refractivity contribution in [1.29, 1.82) is 0 Å². The van der Waals surface area contributed by atoms with Crippen molar-refractivity contribution in [3.8, 4) is 0 Å². The van der Waals surface area contributed by atoms with E-state index in [1.807, 2.05) is 12.1 Å². The number of amides is 1. The Balaban J connectivity index is 1.62. The highest BCUT2D eigenvalue weighted by molar-refractivity contribution is 7.07. The van der Waals surface area contributed by atoms with Crippen LogP contribution in [0.5, 0.6) is 0 Å². The minimum atomic E-state index is -0.519. The van der Waals surface area contributed by atoms with Gasteiger partial charge in [0.15, 0.2) is 0 Å². The summed E-state index contributed by atoms with van der Waals surface area (Å²) >= 11 is 1.76. The average molecular weight is 342 g/mol. The summed E-state index contributed by atoms with van der Waals surface area (Å²) in [5.41, 5.74) is 5.30. The molecule has 2 heterocycles. The zero-order valence-corrected chi connectivity index (χ0v) is 14.3. The van der Waals surface area contributed by atoms with Gasteiger partial charge in [-0.05, 0) is 65.4 Å². The van der Waals surface area contributed by atoms with Gasteiger partial charge in [0, 0.05) is 18.7 Å². The number of likely N-dealkylation sites (tertiary alicyclic amines) is 1. The lowest BCUT2D eigenvalue weighted by atomic mass is 10.0. The number of carbonyl (C=O) groups excluding carboxylic acids is 1. The van der Waals surface area contributed by atoms with Gasteiger partial charge in [0.25, 0.3) is 5.91 Å². The number of hydroxylamine groups is 1. The van der Waals surface area contributed by atoms with Crippen LogP contribution in [-0.4, -0.2) is 29.1 Å². The second-order valence-corrected chi connectivity index (χ2v) is 6.83. The van der Waals surface area contributed by atoms with Gasteiger partial charge in [0.05, 0.1) is 0 Å². The van der Waals surface area contributed by atoms with E-state index in [9.17, 15) is 4.79 Å². The number of thiophene rings is 1. The zero-order chi connectivity index (χ0) is 16.8. The van der Waals surface area contributed by atoms with Crippen LogP contribution in [0.4, 0.5) is 0 Å². The Morgan fingerprint density at radius 2 is 2.17 bits per heavy atom. The van der Waals surface area contributed by atoms with Gasteiger partial charge >= 0.3 is 0 Å². The molecule has 0 aliphatic carbocycles. The van der Waals surface area contributed by atoms with Crippen LogP contribution in [0.1, 0.15) is 35.6 Å². The number of hydrogen-bond donors (Lipinski definition) is 2. The van der Waals surface area contributed by atoms with Crippen molar-refractivity contribution in [3.05, 3.63) is 63.9 Å². The van der Waals surface area contributed by atoms with E-state index in [4.69, 9.17) is 5.21 Å². The van der Waals surface area contributed by atoms with Crippen molar-refractivity contribution >= 4 is 23.3 Å². The van der Waals surface area contributed by atoms with Crippen LogP contribution in [0.25, 0.3) is 6.08 Å². The minimum Gasteiger partial charge on any atom is -0.296 e. The SMILES string of the molecule is O=C(C=Cc1ccc(C2CCCN2CCc2ccsc2)cc1)NO. The van der Waals surface area contributed by atoms with Crippen molar-refractivity contribution in [3.63, 3.8) is 0 Å². The topological polar surface area (TPSA) is 52.6 Å². The normalized spacial score (nSPS) is 18.3. The first-order chi connectivity index (χ1) is 11.8. The van der Waals surface area contributed by atoms with E-state index in [-0.39, 0.29) is 0 Å². The number of hydrogen-bond acceptors (Lipinski definition) is 4. The van der Waals surface area contributed by atoms with Crippen molar-refractivity contribution in [2.24, 2.45) is 0 Å². The molecule has 0 spiro atoms. The molecule has 1 saturated heterocycles. The first-order valence-corrected chi connectivity index (χ1v) is 9.18. The quantitative estimate of drug-likeness (QED) is 0.479. The fraction of sp³-hybridized carbons (Fsp3) is 0.316. The van der Waals surface area contributed by atoms with Gasteiger partial charge in [-0.3, -0.25) is 14.9 Å². The standard InChI is InChI=1S/C19H22N2O2S/c22-19(20-23)8-5-15-3-6-17(7-4-15)18-2-1-11-21(18)12-9-16-10-13-24-14-16/h3-8,10,13-14,18,23H,1-2,9,11-12H2,(H,20,22). The van der Waals surface area contributed by atoms with Crippen molar-refractivity contribution in [2.45, 2.75) is 25.3 Å². The minimum absolute atomic E-state index is 0.488. The van der Waals surface area contributed by atoms with Gasteiger partial charge in [-0.1, -0.05) is 24.3 Å². The molecule has 0 radical (unpaired) electrons. The van der Waals surface area contributed by atoms with Gasteiger partial charge in [-0.25, -0.2) is 5.48 Å². The Morgan fingerprint density at radius 3 is 2.88 bits per heavy atom. The van der Waals surface area contributed by atoms with E-state index >= 15 is 0 Å². The van der Waals surface area contributed by atoms with Gasteiger partial charge in [0.2, 0.25) is 0 Å². The summed E-state index contributed by atoms with van der Waals surface area (Å²) in [5.74, 6) is -0.519. The molecule has 1 amide bonds. The van der Waals surface area contributed by atoms with E-state index in [0.29, 0.717) is 6.04 Å². The lowest BCUT2D eigenvalue weighted by molar-refractivity contribution is -0.124. The Morgan fingerprint density at radius 1 is 1.33 bits per heavy atom. The number of benzene rings is 1. The molecule has 3 rings (SSSR count). The predicted octanol–water partition coefficient (Wildman–Crippen LogP) is 3.65. The first kappa shape index (κ1) is 16.9. The Bertz CT molecular complexity index is 680. The monoisotopic (exact) mass is 342 g/mol. The summed E-state index contributed by atoms with van der Waals surface area (Å²) < 4.78 is 0. The average Bonchev–Trinajstić information content (AvgIpc) is 3.29. The van der Waals surface area contributed by atoms with E-state index in [2.05, 4.69) is 33.9 Å². The molecule has 1 aromatic heterocycles. The molecule has 1 fully saturated rings. The van der Waals surface area contributed by atoms with Crippen molar-refractivity contribution in [2.75, 3.05) is 13.1 Å². The molecular weight excluding hydrogens is 320 g/mol. The second kappa shape index (κ2) is 8.24. The fourth-order valence-corrected chi connectivity index (χ4v) is 3.92. The summed E-state index contributed by atoms with van der Waals surface area (Å²) in [7, 11) is 0. The highest BCUT2D eigenvalue weighted by Crippen LogP contribution is 2.32. The lowest BCUT2D eigenvalue weighted by Crippen LogP contribution is -2.25. The van der Waals surface area contributed by atoms with E-state index in [1.165, 1.54) is 30.0 Å². The van der Waals surface area contributed by atoms with Gasteiger partial charge < -0.3 is 0 Å². The molecule has 1 aliphatic heterocycles. The van der Waals surface area contributed by atoms with E-state index in [0.717, 1.165) is 25.1 Å². The summed E-state index contributed by atoms with van der Waals surface area (Å²) in [6, 6.07) is 11.0. The summed E-state index contributed by atoms with van der Waals surface area (Å²) in [4.78, 5) is 13.6. The number of rotatable bonds is 6. The summed E-state index contributed by atoms with van der Waals surface area (Å²) in [6.45, 7) is 2.26. The molecule has 24 heavy (non-hydrogen) atoms. The number of nitrogens with zero attached hydrogens (tertiary/aromatic N) is 1. The molecule has 1 aromatic carbocycles. The number of carbonyl (C=O) groups is 1. The molecule has 2 aromatic rings. The smallest absolute Gasteiger partial charge is 0.267 e. The maximum absolute atomic E-state index is 11.0. The fourth-order valence-electron chi connectivity index (χ4n) is 3.22. The third-order valence-electron chi connectivity index (χ3n) is 4.49. The molecule has 5 heteroatoms. The van der Waals surface area contributed by atoms with Crippen LogP contribution in [0, 0.1) is 0 Å². The van der Waals surface area contributed by atoms with E-state index in [1.54, 1.807) is 22.9 Å². The summed E-state index contributed by atoms with van der Waals surface area (Å²) in [6.07, 6.45) is 6.56. The van der Waals surface area contributed by atoms with Crippen LogP contribution < -0.4 is 5.48 Å². The molecule has 1 atom stereocenters. The third kappa shape index (κ3) is 4.32. The van der Waals surface area contributed by atoms with Crippen LogP contribution in [0.15, 0.2) is 47.2 Å². The highest BCUT2D eigenvalue weighted by Gasteiger charge is 2.25. The Labute approximate surface area is 146 Å². The molecule has 2 N–H and O–H groups in total. The second-order valence-electron chi connectivity index (χ2n) is 6.05. The molecule has 0 saturated carbocycles. The van der Waals surface area contributed by atoms with Crippen LogP contribution >= 0.6 is 11.3 Å². The Hall–Kier alpha value is -1.95. The Kier molecular flexibility index (Phi) is 5.80. The summed E-state index contributed by atoms with van der Waals surface area (Å²) in [5, 5.41) is 12.9. The highest BCUT2D eigenvalue weighted by atomic mass is 32.1. The molecule has 0 bridgehead atoms. The zero-order valence-electron chi connectivity index (χ0n) is 13.5. The molecule has 1 aliphatic rings. The maximum Gasteiger partial charge on any atom is 0.267 e.